The topological polar surface area (TPSA) is 171 Å². The van der Waals surface area contributed by atoms with E-state index in [0.29, 0.717) is 0 Å². The number of carbonyl (C=O) groups excluding carboxylic acids is 3. The first-order valence-corrected chi connectivity index (χ1v) is 12.7. The molecule has 1 aromatic rings. The third-order valence-electron chi connectivity index (χ3n) is 8.66. The number of fused-ring (bicyclic) bond motifs is 3. The number of hydrogen-bond donors (Lipinski definition) is 6. The molecule has 2 fully saturated rings. The van der Waals surface area contributed by atoms with E-state index in [1.54, 1.807) is 14.1 Å². The Bertz CT molecular complexity index is 1290. The molecule has 0 unspecified atom stereocenters. The Morgan fingerprint density at radius 2 is 1.79 bits per heavy atom. The maximum absolute atomic E-state index is 14.0. The molecular formula is C27H33N3O8. The van der Waals surface area contributed by atoms with Crippen LogP contribution in [0.1, 0.15) is 37.3 Å². The minimum atomic E-state index is -2.72. The standard InChI is InChI=1S/C27H33N3O8/c1-26(37)13-7-6-8-16(31)17(13)21(32)18-14(26)11-15-20(29(2)3)22(33)19(24(35)27(15,38)23(18)34)25(36)28-12-30-9-4-5-10-30/h6-8,14-15,20,31-32,35,37-38H,4-5,9-12H2,1-3H3,(H,28,36)/t14-,15-,20-,26+,27-/m0/s1. The second-order valence-electron chi connectivity index (χ2n) is 11.1. The van der Waals surface area contributed by atoms with Gasteiger partial charge in [-0.2, -0.15) is 0 Å². The fraction of sp³-hybridized carbons (Fsp3) is 0.519. The van der Waals surface area contributed by atoms with E-state index in [-0.39, 0.29) is 35.5 Å². The number of nitrogens with one attached hydrogen (secondary N) is 1. The fourth-order valence-electron chi connectivity index (χ4n) is 6.70. The summed E-state index contributed by atoms with van der Waals surface area (Å²) in [6.07, 6.45) is 1.78. The molecule has 0 spiro atoms. The van der Waals surface area contributed by atoms with Gasteiger partial charge in [-0.3, -0.25) is 24.2 Å². The summed E-state index contributed by atoms with van der Waals surface area (Å²) < 4.78 is 0. The van der Waals surface area contributed by atoms with Gasteiger partial charge in [-0.1, -0.05) is 12.1 Å². The third-order valence-corrected chi connectivity index (χ3v) is 8.66. The Morgan fingerprint density at radius 3 is 2.42 bits per heavy atom. The summed E-state index contributed by atoms with van der Waals surface area (Å²) in [4.78, 5) is 44.3. The molecule has 0 bridgehead atoms. The molecule has 1 heterocycles. The first-order valence-electron chi connectivity index (χ1n) is 12.7. The van der Waals surface area contributed by atoms with Crippen LogP contribution in [-0.2, 0) is 20.0 Å². The Hall–Kier alpha value is -3.25. The normalized spacial score (nSPS) is 33.4. The van der Waals surface area contributed by atoms with Gasteiger partial charge in [-0.25, -0.2) is 0 Å². The van der Waals surface area contributed by atoms with Crippen molar-refractivity contribution in [2.45, 2.75) is 43.4 Å². The Kier molecular flexibility index (Phi) is 6.18. The SMILES string of the molecule is CN(C)[C@@H]1C(=O)C(C(=O)NCN2CCCC2)=C(O)[C@@]2(O)C(=O)C3=C(O)c4c(O)cccc4[C@@](C)(O)[C@H]3C[C@@H]12. The van der Waals surface area contributed by atoms with Crippen LogP contribution in [0.4, 0.5) is 0 Å². The molecule has 5 rings (SSSR count). The van der Waals surface area contributed by atoms with Crippen LogP contribution < -0.4 is 5.32 Å². The second kappa shape index (κ2) is 8.91. The molecule has 6 N–H and O–H groups in total. The van der Waals surface area contributed by atoms with Gasteiger partial charge in [0.05, 0.1) is 23.9 Å². The van der Waals surface area contributed by atoms with Crippen molar-refractivity contribution < 1.29 is 39.9 Å². The highest BCUT2D eigenvalue weighted by Crippen LogP contribution is 2.57. The zero-order valence-electron chi connectivity index (χ0n) is 21.6. The van der Waals surface area contributed by atoms with Crippen LogP contribution in [0.15, 0.2) is 35.1 Å². The summed E-state index contributed by atoms with van der Waals surface area (Å²) in [6, 6.07) is 3.12. The minimum Gasteiger partial charge on any atom is -0.508 e. The summed E-state index contributed by atoms with van der Waals surface area (Å²) in [5.74, 6) is -7.17. The van der Waals surface area contributed by atoms with E-state index in [4.69, 9.17) is 0 Å². The van der Waals surface area contributed by atoms with E-state index in [1.165, 1.54) is 30.0 Å². The van der Waals surface area contributed by atoms with E-state index in [1.807, 2.05) is 4.90 Å². The highest BCUT2D eigenvalue weighted by Gasteiger charge is 2.66. The van der Waals surface area contributed by atoms with Gasteiger partial charge >= 0.3 is 0 Å². The zero-order valence-corrected chi connectivity index (χ0v) is 21.6. The van der Waals surface area contributed by atoms with Crippen molar-refractivity contribution in [3.05, 3.63) is 46.2 Å². The van der Waals surface area contributed by atoms with Crippen LogP contribution in [0.25, 0.3) is 5.76 Å². The van der Waals surface area contributed by atoms with Gasteiger partial charge in [0.2, 0.25) is 5.78 Å². The number of phenolic OH excluding ortho intramolecular Hbond substituents is 1. The number of likely N-dealkylation sites (tertiary alicyclic amines) is 1. The van der Waals surface area contributed by atoms with Crippen LogP contribution in [0.5, 0.6) is 5.75 Å². The molecule has 11 nitrogen and oxygen atoms in total. The molecule has 1 aliphatic heterocycles. The van der Waals surface area contributed by atoms with E-state index in [2.05, 4.69) is 5.32 Å². The molecule has 204 valence electrons. The van der Waals surface area contributed by atoms with Gasteiger partial charge < -0.3 is 30.8 Å². The lowest BCUT2D eigenvalue weighted by molar-refractivity contribution is -0.159. The van der Waals surface area contributed by atoms with Crippen molar-refractivity contribution in [2.24, 2.45) is 11.8 Å². The predicted molar refractivity (Wildman–Crippen MR) is 135 cm³/mol. The first kappa shape index (κ1) is 26.4. The number of phenols is 1. The molecule has 1 saturated heterocycles. The number of aromatic hydroxyl groups is 1. The molecule has 1 amide bonds. The summed E-state index contributed by atoms with van der Waals surface area (Å²) >= 11 is 0. The lowest BCUT2D eigenvalue weighted by Crippen LogP contribution is -2.67. The Balaban J connectivity index is 1.65. The van der Waals surface area contributed by atoms with E-state index in [0.717, 1.165) is 25.9 Å². The van der Waals surface area contributed by atoms with Gasteiger partial charge in [-0.15, -0.1) is 0 Å². The maximum Gasteiger partial charge on any atom is 0.259 e. The quantitative estimate of drug-likeness (QED) is 0.300. The first-order chi connectivity index (χ1) is 17.8. The van der Waals surface area contributed by atoms with Gasteiger partial charge in [0.25, 0.3) is 5.91 Å². The van der Waals surface area contributed by atoms with Crippen LogP contribution in [-0.4, -0.2) is 98.3 Å². The molecule has 5 atom stereocenters. The Morgan fingerprint density at radius 1 is 1.13 bits per heavy atom. The summed E-state index contributed by atoms with van der Waals surface area (Å²) in [7, 11) is 3.12. The molecule has 11 heteroatoms. The lowest BCUT2D eigenvalue weighted by atomic mass is 9.54. The third kappa shape index (κ3) is 3.53. The molecule has 4 aliphatic rings. The monoisotopic (exact) mass is 527 g/mol. The molecular weight excluding hydrogens is 494 g/mol. The van der Waals surface area contributed by atoms with Crippen molar-refractivity contribution in [3.63, 3.8) is 0 Å². The van der Waals surface area contributed by atoms with Crippen LogP contribution in [0, 0.1) is 11.8 Å². The van der Waals surface area contributed by atoms with Crippen LogP contribution in [0.2, 0.25) is 0 Å². The van der Waals surface area contributed by atoms with Crippen molar-refractivity contribution in [2.75, 3.05) is 33.9 Å². The predicted octanol–water partition coefficient (Wildman–Crippen LogP) is 0.313. The smallest absolute Gasteiger partial charge is 0.259 e. The van der Waals surface area contributed by atoms with E-state index < -0.39 is 63.6 Å². The van der Waals surface area contributed by atoms with Crippen molar-refractivity contribution in [1.29, 1.82) is 0 Å². The van der Waals surface area contributed by atoms with Gasteiger partial charge in [0.15, 0.2) is 11.4 Å². The molecule has 1 saturated carbocycles. The fourth-order valence-corrected chi connectivity index (χ4v) is 6.70. The maximum atomic E-state index is 14.0. The Labute approximate surface area is 219 Å². The average Bonchev–Trinajstić information content (AvgIpc) is 3.37. The number of amides is 1. The number of aliphatic hydroxyl groups is 4. The minimum absolute atomic E-state index is 0.137. The highest BCUT2D eigenvalue weighted by atomic mass is 16.3. The molecule has 38 heavy (non-hydrogen) atoms. The summed E-state index contributed by atoms with van der Waals surface area (Å²) in [5, 5.41) is 59.0. The molecule has 0 aromatic heterocycles. The van der Waals surface area contributed by atoms with Crippen LogP contribution >= 0.6 is 0 Å². The van der Waals surface area contributed by atoms with Crippen molar-refractivity contribution >= 4 is 23.2 Å². The van der Waals surface area contributed by atoms with Gasteiger partial charge in [-0.05, 0) is 65.0 Å². The molecule has 3 aliphatic carbocycles. The summed E-state index contributed by atoms with van der Waals surface area (Å²) in [6.45, 7) is 3.11. The average molecular weight is 528 g/mol. The molecule has 0 radical (unpaired) electrons. The van der Waals surface area contributed by atoms with Crippen molar-refractivity contribution in [1.82, 2.24) is 15.1 Å². The second-order valence-corrected chi connectivity index (χ2v) is 11.1. The molecule has 1 aromatic carbocycles. The number of ketones is 2. The number of benzene rings is 1. The number of hydrogen-bond acceptors (Lipinski definition) is 10. The number of aliphatic hydroxyl groups excluding tert-OH is 2. The van der Waals surface area contributed by atoms with Crippen molar-refractivity contribution in [3.8, 4) is 5.75 Å². The van der Waals surface area contributed by atoms with E-state index in [9.17, 15) is 39.9 Å². The number of carbonyl (C=O) groups is 3. The number of likely N-dealkylation sites (N-methyl/N-ethyl adjacent to an activating group) is 1. The number of rotatable bonds is 4. The van der Waals surface area contributed by atoms with E-state index >= 15 is 0 Å². The summed E-state index contributed by atoms with van der Waals surface area (Å²) in [5.41, 5.74) is -5.54. The van der Waals surface area contributed by atoms with Gasteiger partial charge in [0, 0.05) is 17.4 Å². The van der Waals surface area contributed by atoms with Gasteiger partial charge in [0.1, 0.15) is 22.8 Å². The van der Waals surface area contributed by atoms with Crippen LogP contribution in [0.3, 0.4) is 0 Å². The zero-order chi connectivity index (χ0) is 27.7. The number of nitrogens with zero attached hydrogens (tertiary/aromatic N) is 2. The highest BCUT2D eigenvalue weighted by molar-refractivity contribution is 6.25. The largest absolute Gasteiger partial charge is 0.508 e. The lowest BCUT2D eigenvalue weighted by Gasteiger charge is -2.53. The number of Topliss-reactive ketones (excluding diaryl/α,β-unsaturated/α-hetero) is 2.